The van der Waals surface area contributed by atoms with E-state index in [0.717, 1.165) is 23.9 Å². The van der Waals surface area contributed by atoms with Crippen LogP contribution >= 0.6 is 11.8 Å². The van der Waals surface area contributed by atoms with E-state index in [1.54, 1.807) is 0 Å². The van der Waals surface area contributed by atoms with E-state index < -0.39 is 30.0 Å². The van der Waals surface area contributed by atoms with Gasteiger partial charge in [0, 0.05) is 24.3 Å². The van der Waals surface area contributed by atoms with Crippen LogP contribution in [0.15, 0.2) is 17.6 Å². The van der Waals surface area contributed by atoms with Crippen LogP contribution in [0.2, 0.25) is 0 Å². The Balaban J connectivity index is 2.47. The van der Waals surface area contributed by atoms with E-state index in [1.165, 1.54) is 13.0 Å². The molecule has 146 valence electrons. The molecule has 2 rings (SSSR count). The number of thioether (sulfide) groups is 1. The number of phenolic OH excluding ortho intramolecular Hbond substituents is 1. The van der Waals surface area contributed by atoms with Crippen molar-refractivity contribution in [2.45, 2.75) is 45.8 Å². The fraction of sp³-hybridized carbons (Fsp3) is 0.444. The molecule has 1 aliphatic heterocycles. The van der Waals surface area contributed by atoms with Crippen LogP contribution in [0, 0.1) is 0 Å². The van der Waals surface area contributed by atoms with Crippen LogP contribution in [-0.4, -0.2) is 50.5 Å². The van der Waals surface area contributed by atoms with Gasteiger partial charge in [-0.25, -0.2) is 4.79 Å². The summed E-state index contributed by atoms with van der Waals surface area (Å²) in [7, 11) is -0.761. The summed E-state index contributed by atoms with van der Waals surface area (Å²) < 4.78 is 12.0. The summed E-state index contributed by atoms with van der Waals surface area (Å²) in [4.78, 5) is 22.7. The number of aromatic carboxylic acids is 1. The second kappa shape index (κ2) is 7.57. The number of rotatable bonds is 5. The summed E-state index contributed by atoms with van der Waals surface area (Å²) in [5.74, 6) is -1.90. The molecule has 0 radical (unpaired) electrons. The smallest absolute Gasteiger partial charge is 0.491 e. The van der Waals surface area contributed by atoms with Gasteiger partial charge in [-0.2, -0.15) is 0 Å². The lowest BCUT2D eigenvalue weighted by molar-refractivity contribution is -0.109. The van der Waals surface area contributed by atoms with Crippen molar-refractivity contribution in [3.63, 3.8) is 0 Å². The van der Waals surface area contributed by atoms with E-state index in [9.17, 15) is 24.9 Å². The Morgan fingerprint density at radius 3 is 2.15 bits per heavy atom. The number of phenols is 2. The third kappa shape index (κ3) is 4.66. The minimum Gasteiger partial charge on any atom is -0.507 e. The molecule has 1 aromatic carbocycles. The van der Waals surface area contributed by atoms with Gasteiger partial charge < -0.3 is 24.6 Å². The highest BCUT2D eigenvalue weighted by Gasteiger charge is 2.52. The molecule has 1 fully saturated rings. The summed E-state index contributed by atoms with van der Waals surface area (Å²) in [6.07, 6.45) is 1.53. The van der Waals surface area contributed by atoms with Crippen molar-refractivity contribution in [2.24, 2.45) is 0 Å². The summed E-state index contributed by atoms with van der Waals surface area (Å²) in [5.41, 5.74) is -0.793. The normalized spacial score (nSPS) is 18.6. The highest BCUT2D eigenvalue weighted by molar-refractivity contribution is 8.13. The van der Waals surface area contributed by atoms with Crippen LogP contribution in [0.5, 0.6) is 11.5 Å². The number of carbonyl (C=O) groups is 2. The fourth-order valence-electron chi connectivity index (χ4n) is 2.44. The van der Waals surface area contributed by atoms with Crippen LogP contribution < -0.4 is 0 Å². The molecule has 27 heavy (non-hydrogen) atoms. The molecule has 0 aliphatic carbocycles. The average Bonchev–Trinajstić information content (AvgIpc) is 2.72. The van der Waals surface area contributed by atoms with E-state index in [0.29, 0.717) is 5.47 Å². The molecule has 0 unspecified atom stereocenters. The number of benzene rings is 1. The fourth-order valence-corrected chi connectivity index (χ4v) is 3.03. The summed E-state index contributed by atoms with van der Waals surface area (Å²) in [5, 5.41) is 28.9. The van der Waals surface area contributed by atoms with E-state index in [-0.39, 0.29) is 27.7 Å². The van der Waals surface area contributed by atoms with Crippen molar-refractivity contribution in [1.82, 2.24) is 0 Å². The van der Waals surface area contributed by atoms with Gasteiger partial charge in [0.1, 0.15) is 17.1 Å². The van der Waals surface area contributed by atoms with Gasteiger partial charge in [-0.1, -0.05) is 17.8 Å². The Bertz CT molecular complexity index is 785. The molecule has 0 atom stereocenters. The van der Waals surface area contributed by atoms with Crippen molar-refractivity contribution in [3.05, 3.63) is 28.7 Å². The molecular weight excluding hydrogens is 371 g/mol. The first kappa shape index (κ1) is 21.3. The quantitative estimate of drug-likeness (QED) is 0.653. The second-order valence-electron chi connectivity index (χ2n) is 7.32. The van der Waals surface area contributed by atoms with Gasteiger partial charge in [0.25, 0.3) is 0 Å². The molecule has 1 saturated heterocycles. The van der Waals surface area contributed by atoms with Crippen LogP contribution in [0.1, 0.15) is 50.5 Å². The lowest BCUT2D eigenvalue weighted by atomic mass is 9.78. The van der Waals surface area contributed by atoms with Crippen LogP contribution in [0.25, 0.3) is 6.08 Å². The largest absolute Gasteiger partial charge is 0.507 e. The molecule has 1 heterocycles. The number of carboxylic acids is 1. The number of hydrogen-bond donors (Lipinski definition) is 3. The first-order chi connectivity index (χ1) is 12.3. The Labute approximate surface area is 162 Å². The lowest BCUT2D eigenvalue weighted by Gasteiger charge is -2.32. The lowest BCUT2D eigenvalue weighted by Crippen LogP contribution is -2.41. The zero-order valence-corrected chi connectivity index (χ0v) is 16.7. The van der Waals surface area contributed by atoms with Gasteiger partial charge in [0.2, 0.25) is 0 Å². The van der Waals surface area contributed by atoms with Crippen molar-refractivity contribution >= 4 is 36.0 Å². The van der Waals surface area contributed by atoms with Crippen molar-refractivity contribution < 1.29 is 34.2 Å². The highest BCUT2D eigenvalue weighted by Crippen LogP contribution is 2.40. The summed E-state index contributed by atoms with van der Waals surface area (Å²) >= 11 is 1.05. The molecule has 0 amide bonds. The summed E-state index contributed by atoms with van der Waals surface area (Å²) in [6, 6.07) is 2.13. The predicted molar refractivity (Wildman–Crippen MR) is 104 cm³/mol. The average molecular weight is 394 g/mol. The van der Waals surface area contributed by atoms with Crippen molar-refractivity contribution in [2.75, 3.05) is 5.75 Å². The van der Waals surface area contributed by atoms with Crippen LogP contribution in [0.3, 0.4) is 0 Å². The molecular formula is C18H23BO7S. The number of carboxylic acid groups (broad SMARTS) is 1. The van der Waals surface area contributed by atoms with E-state index >= 15 is 0 Å². The van der Waals surface area contributed by atoms with Gasteiger partial charge in [-0.15, -0.1) is 0 Å². The van der Waals surface area contributed by atoms with Crippen LogP contribution in [0.4, 0.5) is 0 Å². The van der Waals surface area contributed by atoms with Crippen LogP contribution in [-0.2, 0) is 14.1 Å². The SMILES string of the molecule is CC(=O)SCC(=Cc1cc(C(=O)O)c(O)cc1O)B1OC(C)(C)C(C)(C)O1. The minimum absolute atomic E-state index is 0.0985. The Morgan fingerprint density at radius 2 is 1.67 bits per heavy atom. The number of carbonyl (C=O) groups excluding carboxylic acids is 1. The Hall–Kier alpha value is -1.97. The summed E-state index contributed by atoms with van der Waals surface area (Å²) in [6.45, 7) is 9.01. The molecule has 0 bridgehead atoms. The molecule has 0 saturated carbocycles. The maximum Gasteiger partial charge on any atom is 0.491 e. The third-order valence-electron chi connectivity index (χ3n) is 4.71. The first-order valence-electron chi connectivity index (χ1n) is 8.33. The van der Waals surface area contributed by atoms with Crippen molar-refractivity contribution in [3.8, 4) is 11.5 Å². The van der Waals surface area contributed by atoms with Crippen molar-refractivity contribution in [1.29, 1.82) is 0 Å². The van der Waals surface area contributed by atoms with Gasteiger partial charge in [-0.05, 0) is 39.2 Å². The Kier molecular flexibility index (Phi) is 5.99. The maximum absolute atomic E-state index is 11.4. The molecule has 0 spiro atoms. The molecule has 1 aliphatic rings. The zero-order chi connectivity index (χ0) is 20.6. The minimum atomic E-state index is -1.32. The van der Waals surface area contributed by atoms with E-state index in [1.807, 2.05) is 27.7 Å². The molecule has 3 N–H and O–H groups in total. The van der Waals surface area contributed by atoms with Gasteiger partial charge >= 0.3 is 13.1 Å². The second-order valence-corrected chi connectivity index (χ2v) is 8.47. The zero-order valence-electron chi connectivity index (χ0n) is 15.9. The number of aromatic hydroxyl groups is 2. The molecule has 1 aromatic rings. The van der Waals surface area contributed by atoms with E-state index in [2.05, 4.69) is 0 Å². The maximum atomic E-state index is 11.4. The Morgan fingerprint density at radius 1 is 1.11 bits per heavy atom. The monoisotopic (exact) mass is 394 g/mol. The number of hydrogen-bond acceptors (Lipinski definition) is 7. The highest BCUT2D eigenvalue weighted by atomic mass is 32.2. The topological polar surface area (TPSA) is 113 Å². The molecule has 7 nitrogen and oxygen atoms in total. The molecule has 9 heteroatoms. The predicted octanol–water partition coefficient (Wildman–Crippen LogP) is 3.09. The van der Waals surface area contributed by atoms with Gasteiger partial charge in [0.15, 0.2) is 5.12 Å². The van der Waals surface area contributed by atoms with Gasteiger partial charge in [-0.3, -0.25) is 4.79 Å². The van der Waals surface area contributed by atoms with Gasteiger partial charge in [0.05, 0.1) is 11.2 Å². The standard InChI is InChI=1S/C18H23BO7S/c1-10(20)27-9-12(19-25-17(2,3)18(4,5)26-19)6-11-7-13(16(23)24)15(22)8-14(11)21/h6-8,21-22H,9H2,1-5H3,(H,23,24). The third-order valence-corrected chi connectivity index (χ3v) is 5.60. The molecule has 0 aromatic heterocycles. The van der Waals surface area contributed by atoms with E-state index in [4.69, 9.17) is 9.31 Å². The first-order valence-corrected chi connectivity index (χ1v) is 9.31.